The molecule has 0 unspecified atom stereocenters. The zero-order valence-electron chi connectivity index (χ0n) is 18.3. The molecule has 0 bridgehead atoms. The Morgan fingerprint density at radius 2 is 1.80 bits per heavy atom. The van der Waals surface area contributed by atoms with Crippen LogP contribution in [0.15, 0.2) is 24.3 Å². The molecule has 2 rings (SSSR count). The third-order valence-electron chi connectivity index (χ3n) is 5.16. The summed E-state index contributed by atoms with van der Waals surface area (Å²) >= 11 is 0. The van der Waals surface area contributed by atoms with Crippen LogP contribution >= 0.6 is 0 Å². The number of hydrogen-bond acceptors (Lipinski definition) is 5. The monoisotopic (exact) mass is 417 g/mol. The Morgan fingerprint density at radius 3 is 2.37 bits per heavy atom. The summed E-state index contributed by atoms with van der Waals surface area (Å²) in [5.74, 6) is -1.40. The molecule has 1 aromatic rings. The van der Waals surface area contributed by atoms with Gasteiger partial charge in [-0.2, -0.15) is 0 Å². The highest BCUT2D eigenvalue weighted by molar-refractivity contribution is 6.08. The molecule has 4 amide bonds. The highest BCUT2D eigenvalue weighted by Crippen LogP contribution is 2.24. The van der Waals surface area contributed by atoms with Gasteiger partial charge in [-0.3, -0.25) is 19.3 Å². The number of anilines is 1. The average molecular weight is 418 g/mol. The molecule has 1 heterocycles. The molecule has 0 radical (unpaired) electrons. The van der Waals surface area contributed by atoms with Gasteiger partial charge in [0.15, 0.2) is 6.10 Å². The summed E-state index contributed by atoms with van der Waals surface area (Å²) in [6, 6.07) is 6.73. The molecular weight excluding hydrogens is 386 g/mol. The van der Waals surface area contributed by atoms with E-state index in [2.05, 4.69) is 10.6 Å². The molecule has 1 saturated heterocycles. The zero-order chi connectivity index (χ0) is 22.5. The SMILES string of the molecule is CCc1ccc(NC(=O)[C@@H](C)OC(=O)CN2C(=O)N[C@](C)(CCC(C)C)C2=O)cc1. The number of nitrogens with zero attached hydrogens (tertiary/aromatic N) is 1. The van der Waals surface area contributed by atoms with Crippen molar-refractivity contribution in [2.45, 2.75) is 65.5 Å². The van der Waals surface area contributed by atoms with Crippen LogP contribution in [0.4, 0.5) is 10.5 Å². The number of nitrogens with one attached hydrogen (secondary N) is 2. The van der Waals surface area contributed by atoms with Crippen molar-refractivity contribution in [1.29, 1.82) is 0 Å². The quantitative estimate of drug-likeness (QED) is 0.475. The first-order chi connectivity index (χ1) is 14.1. The first-order valence-electron chi connectivity index (χ1n) is 10.3. The van der Waals surface area contributed by atoms with Crippen LogP contribution in [-0.4, -0.2) is 46.9 Å². The Balaban J connectivity index is 1.90. The summed E-state index contributed by atoms with van der Waals surface area (Å²) in [7, 11) is 0. The largest absolute Gasteiger partial charge is 0.451 e. The lowest BCUT2D eigenvalue weighted by molar-refractivity contribution is -0.155. The van der Waals surface area contributed by atoms with E-state index in [1.165, 1.54) is 6.92 Å². The smallest absolute Gasteiger partial charge is 0.327 e. The van der Waals surface area contributed by atoms with Gasteiger partial charge < -0.3 is 15.4 Å². The first kappa shape index (κ1) is 23.4. The number of ether oxygens (including phenoxy) is 1. The normalized spacial score (nSPS) is 19.6. The number of urea groups is 1. The van der Waals surface area contributed by atoms with Crippen LogP contribution in [0.3, 0.4) is 0 Å². The van der Waals surface area contributed by atoms with E-state index in [0.29, 0.717) is 18.0 Å². The van der Waals surface area contributed by atoms with Crippen molar-refractivity contribution in [1.82, 2.24) is 10.2 Å². The van der Waals surface area contributed by atoms with Crippen molar-refractivity contribution >= 4 is 29.5 Å². The molecule has 0 saturated carbocycles. The Labute approximate surface area is 177 Å². The molecule has 1 fully saturated rings. The third-order valence-corrected chi connectivity index (χ3v) is 5.16. The molecule has 2 atom stereocenters. The number of aryl methyl sites for hydroxylation is 1. The number of amides is 4. The van der Waals surface area contributed by atoms with Gasteiger partial charge in [-0.25, -0.2) is 4.79 Å². The minimum atomic E-state index is -1.07. The molecule has 164 valence electrons. The summed E-state index contributed by atoms with van der Waals surface area (Å²) in [5, 5.41) is 5.33. The van der Waals surface area contributed by atoms with Gasteiger partial charge in [0.25, 0.3) is 11.8 Å². The van der Waals surface area contributed by atoms with Gasteiger partial charge in [-0.1, -0.05) is 32.9 Å². The molecule has 0 aliphatic carbocycles. The summed E-state index contributed by atoms with van der Waals surface area (Å²) < 4.78 is 5.13. The molecule has 0 spiro atoms. The van der Waals surface area contributed by atoms with Gasteiger partial charge in [0.05, 0.1) is 0 Å². The molecule has 1 aliphatic rings. The summed E-state index contributed by atoms with van der Waals surface area (Å²) in [4.78, 5) is 50.2. The van der Waals surface area contributed by atoms with Gasteiger partial charge in [-0.05, 0) is 56.7 Å². The number of benzene rings is 1. The van der Waals surface area contributed by atoms with E-state index in [1.54, 1.807) is 19.1 Å². The molecule has 8 heteroatoms. The second kappa shape index (κ2) is 9.73. The minimum absolute atomic E-state index is 0.378. The highest BCUT2D eigenvalue weighted by Gasteiger charge is 2.48. The molecule has 1 aromatic carbocycles. The third kappa shape index (κ3) is 5.81. The van der Waals surface area contributed by atoms with Crippen molar-refractivity contribution in [2.24, 2.45) is 5.92 Å². The molecule has 30 heavy (non-hydrogen) atoms. The van der Waals surface area contributed by atoms with Crippen LogP contribution < -0.4 is 10.6 Å². The Hall–Kier alpha value is -2.90. The van der Waals surface area contributed by atoms with Gasteiger partial charge >= 0.3 is 12.0 Å². The molecule has 8 nitrogen and oxygen atoms in total. The van der Waals surface area contributed by atoms with Crippen LogP contribution in [0.25, 0.3) is 0 Å². The van der Waals surface area contributed by atoms with Crippen LogP contribution in [0, 0.1) is 5.92 Å². The van der Waals surface area contributed by atoms with E-state index in [0.717, 1.165) is 23.3 Å². The number of carbonyl (C=O) groups is 4. The van der Waals surface area contributed by atoms with E-state index in [1.807, 2.05) is 32.9 Å². The second-order valence-electron chi connectivity index (χ2n) is 8.26. The fourth-order valence-electron chi connectivity index (χ4n) is 3.12. The number of esters is 1. The summed E-state index contributed by atoms with van der Waals surface area (Å²) in [6.07, 6.45) is 1.06. The number of hydrogen-bond donors (Lipinski definition) is 2. The average Bonchev–Trinajstić information content (AvgIpc) is 2.90. The minimum Gasteiger partial charge on any atom is -0.451 e. The molecule has 2 N–H and O–H groups in total. The number of imide groups is 1. The van der Waals surface area contributed by atoms with Crippen LogP contribution in [0.2, 0.25) is 0 Å². The number of carbonyl (C=O) groups excluding carboxylic acids is 4. The van der Waals surface area contributed by atoms with Crippen molar-refractivity contribution in [2.75, 3.05) is 11.9 Å². The standard InChI is InChI=1S/C22H31N3O5/c1-6-16-7-9-17(10-8-16)23-19(27)15(4)30-18(26)13-25-20(28)22(5,24-21(25)29)12-11-14(2)3/h7-10,14-15H,6,11-13H2,1-5H3,(H,23,27)(H,24,29)/t15-,22-/m1/s1. The van der Waals surface area contributed by atoms with Gasteiger partial charge in [0.1, 0.15) is 12.1 Å². The van der Waals surface area contributed by atoms with E-state index in [4.69, 9.17) is 4.74 Å². The maximum atomic E-state index is 12.7. The lowest BCUT2D eigenvalue weighted by Gasteiger charge is -2.22. The van der Waals surface area contributed by atoms with Crippen molar-refractivity contribution < 1.29 is 23.9 Å². The lowest BCUT2D eigenvalue weighted by Crippen LogP contribution is -2.44. The maximum Gasteiger partial charge on any atom is 0.327 e. The van der Waals surface area contributed by atoms with E-state index in [9.17, 15) is 19.2 Å². The molecule has 0 aromatic heterocycles. The first-order valence-corrected chi connectivity index (χ1v) is 10.3. The second-order valence-corrected chi connectivity index (χ2v) is 8.26. The van der Waals surface area contributed by atoms with Crippen LogP contribution in [0.5, 0.6) is 0 Å². The fourth-order valence-corrected chi connectivity index (χ4v) is 3.12. The topological polar surface area (TPSA) is 105 Å². The lowest BCUT2D eigenvalue weighted by atomic mass is 9.92. The fraction of sp³-hybridized carbons (Fsp3) is 0.545. The summed E-state index contributed by atoms with van der Waals surface area (Å²) in [5.41, 5.74) is 0.700. The summed E-state index contributed by atoms with van der Waals surface area (Å²) in [6.45, 7) is 8.65. The van der Waals surface area contributed by atoms with E-state index >= 15 is 0 Å². The maximum absolute atomic E-state index is 12.7. The van der Waals surface area contributed by atoms with E-state index < -0.39 is 42.0 Å². The molecule has 1 aliphatic heterocycles. The van der Waals surface area contributed by atoms with Crippen LogP contribution in [0.1, 0.15) is 53.0 Å². The zero-order valence-corrected chi connectivity index (χ0v) is 18.3. The Morgan fingerprint density at radius 1 is 1.17 bits per heavy atom. The highest BCUT2D eigenvalue weighted by atomic mass is 16.5. The van der Waals surface area contributed by atoms with E-state index in [-0.39, 0.29) is 0 Å². The van der Waals surface area contributed by atoms with Crippen molar-refractivity contribution in [3.8, 4) is 0 Å². The Bertz CT molecular complexity index is 805. The Kier molecular flexibility index (Phi) is 7.59. The van der Waals surface area contributed by atoms with Crippen molar-refractivity contribution in [3.63, 3.8) is 0 Å². The number of rotatable bonds is 9. The van der Waals surface area contributed by atoms with Gasteiger partial charge in [-0.15, -0.1) is 0 Å². The predicted octanol–water partition coefficient (Wildman–Crippen LogP) is 2.87. The molecular formula is C22H31N3O5. The van der Waals surface area contributed by atoms with Gasteiger partial charge in [0, 0.05) is 5.69 Å². The van der Waals surface area contributed by atoms with Crippen molar-refractivity contribution in [3.05, 3.63) is 29.8 Å². The van der Waals surface area contributed by atoms with Crippen LogP contribution in [-0.2, 0) is 25.5 Å². The van der Waals surface area contributed by atoms with Gasteiger partial charge in [0.2, 0.25) is 0 Å². The predicted molar refractivity (Wildman–Crippen MR) is 113 cm³/mol.